The zero-order valence-electron chi connectivity index (χ0n) is 17.9. The molecule has 1 aromatic carbocycles. The van der Waals surface area contributed by atoms with E-state index in [2.05, 4.69) is 38.1 Å². The Labute approximate surface area is 168 Å². The molecule has 2 unspecified atom stereocenters. The lowest BCUT2D eigenvalue weighted by molar-refractivity contribution is 0.199. The van der Waals surface area contributed by atoms with Gasteiger partial charge < -0.3 is 4.74 Å². The molecule has 3 rings (SSSR count). The Hall–Kier alpha value is -0.980. The van der Waals surface area contributed by atoms with Gasteiger partial charge in [-0.1, -0.05) is 83.8 Å². The molecule has 0 aromatic heterocycles. The molecular weight excluding hydrogens is 328 g/mol. The Bertz CT molecular complexity index is 512. The molecule has 0 heterocycles. The maximum atomic E-state index is 6.03. The second-order valence-corrected chi connectivity index (χ2v) is 9.51. The van der Waals surface area contributed by atoms with Crippen LogP contribution in [0.1, 0.15) is 96.5 Å². The second-order valence-electron chi connectivity index (χ2n) is 9.51. The van der Waals surface area contributed by atoms with Crippen molar-refractivity contribution in [2.45, 2.75) is 97.3 Å². The molecular formula is C26H42O. The van der Waals surface area contributed by atoms with Crippen molar-refractivity contribution in [1.82, 2.24) is 0 Å². The molecule has 2 saturated carbocycles. The summed E-state index contributed by atoms with van der Waals surface area (Å²) in [5, 5.41) is 0. The zero-order valence-corrected chi connectivity index (χ0v) is 17.9. The smallest absolute Gasteiger partial charge is 0.119 e. The highest BCUT2D eigenvalue weighted by molar-refractivity contribution is 5.27. The van der Waals surface area contributed by atoms with Gasteiger partial charge in [-0.05, 0) is 67.1 Å². The Morgan fingerprint density at radius 3 is 2.26 bits per heavy atom. The predicted molar refractivity (Wildman–Crippen MR) is 116 cm³/mol. The summed E-state index contributed by atoms with van der Waals surface area (Å²) in [5.41, 5.74) is 1.48. The van der Waals surface area contributed by atoms with Crippen LogP contribution in [0.5, 0.6) is 5.75 Å². The average Bonchev–Trinajstić information content (AvgIpc) is 2.72. The first kappa shape index (κ1) is 20.7. The normalized spacial score (nSPS) is 28.8. The van der Waals surface area contributed by atoms with E-state index in [0.717, 1.165) is 36.0 Å². The summed E-state index contributed by atoms with van der Waals surface area (Å²) in [4.78, 5) is 0. The number of hydrogen-bond donors (Lipinski definition) is 0. The van der Waals surface area contributed by atoms with E-state index >= 15 is 0 Å². The lowest BCUT2D eigenvalue weighted by atomic mass is 9.76. The van der Waals surface area contributed by atoms with Crippen molar-refractivity contribution in [3.63, 3.8) is 0 Å². The van der Waals surface area contributed by atoms with E-state index in [0.29, 0.717) is 0 Å². The fourth-order valence-corrected chi connectivity index (χ4v) is 5.48. The Morgan fingerprint density at radius 2 is 1.56 bits per heavy atom. The van der Waals surface area contributed by atoms with Gasteiger partial charge in [0.15, 0.2) is 0 Å². The summed E-state index contributed by atoms with van der Waals surface area (Å²) in [6.45, 7) is 5.66. The molecule has 1 heteroatoms. The first-order valence-corrected chi connectivity index (χ1v) is 12.0. The largest absolute Gasteiger partial charge is 0.494 e. The molecule has 0 amide bonds. The van der Waals surface area contributed by atoms with Gasteiger partial charge in [-0.15, -0.1) is 0 Å². The Balaban J connectivity index is 1.32. The van der Waals surface area contributed by atoms with Crippen molar-refractivity contribution in [3.8, 4) is 5.75 Å². The van der Waals surface area contributed by atoms with Crippen molar-refractivity contribution in [3.05, 3.63) is 29.8 Å². The third-order valence-corrected chi connectivity index (χ3v) is 7.48. The standard InChI is InChI=1S/C26H42O/c1-3-24-7-4-5-8-25(24)9-6-20-27-26-18-16-23(17-19-26)15-14-22-12-10-21(2)11-13-22/h16-19,21-22,24-25H,3-15,20H2,1-2H3. The van der Waals surface area contributed by atoms with E-state index in [9.17, 15) is 0 Å². The lowest BCUT2D eigenvalue weighted by Gasteiger charge is -2.30. The highest BCUT2D eigenvalue weighted by Gasteiger charge is 2.23. The molecule has 0 radical (unpaired) electrons. The van der Waals surface area contributed by atoms with Gasteiger partial charge in [-0.3, -0.25) is 0 Å². The molecule has 2 atom stereocenters. The van der Waals surface area contributed by atoms with Gasteiger partial charge >= 0.3 is 0 Å². The van der Waals surface area contributed by atoms with Gasteiger partial charge in [0, 0.05) is 0 Å². The van der Waals surface area contributed by atoms with Gasteiger partial charge in [-0.2, -0.15) is 0 Å². The molecule has 2 aliphatic rings. The van der Waals surface area contributed by atoms with Crippen molar-refractivity contribution in [2.75, 3.05) is 6.61 Å². The van der Waals surface area contributed by atoms with Crippen LogP contribution in [-0.2, 0) is 6.42 Å². The SMILES string of the molecule is CCC1CCCCC1CCCOc1ccc(CCC2CCC(C)CC2)cc1. The lowest BCUT2D eigenvalue weighted by Crippen LogP contribution is -2.19. The Morgan fingerprint density at radius 1 is 0.852 bits per heavy atom. The fourth-order valence-electron chi connectivity index (χ4n) is 5.48. The third kappa shape index (κ3) is 6.84. The molecule has 0 spiro atoms. The summed E-state index contributed by atoms with van der Waals surface area (Å²) in [6, 6.07) is 8.95. The van der Waals surface area contributed by atoms with Gasteiger partial charge in [0.1, 0.15) is 5.75 Å². The van der Waals surface area contributed by atoms with E-state index < -0.39 is 0 Å². The van der Waals surface area contributed by atoms with E-state index in [1.807, 2.05) is 0 Å². The summed E-state index contributed by atoms with van der Waals surface area (Å²) in [5.74, 6) is 4.91. The second kappa shape index (κ2) is 11.1. The Kier molecular flexibility index (Phi) is 8.55. The number of rotatable bonds is 9. The van der Waals surface area contributed by atoms with E-state index in [1.54, 1.807) is 0 Å². The van der Waals surface area contributed by atoms with Crippen molar-refractivity contribution in [1.29, 1.82) is 0 Å². The van der Waals surface area contributed by atoms with E-state index in [4.69, 9.17) is 4.74 Å². The minimum Gasteiger partial charge on any atom is -0.494 e. The summed E-state index contributed by atoms with van der Waals surface area (Å²) >= 11 is 0. The number of aryl methyl sites for hydroxylation is 1. The molecule has 2 fully saturated rings. The van der Waals surface area contributed by atoms with Crippen LogP contribution < -0.4 is 4.74 Å². The molecule has 27 heavy (non-hydrogen) atoms. The quantitative estimate of drug-likeness (QED) is 0.402. The fraction of sp³-hybridized carbons (Fsp3) is 0.769. The maximum Gasteiger partial charge on any atom is 0.119 e. The first-order chi connectivity index (χ1) is 13.2. The predicted octanol–water partition coefficient (Wildman–Crippen LogP) is 7.82. The minimum atomic E-state index is 0.881. The molecule has 1 nitrogen and oxygen atoms in total. The summed E-state index contributed by atoms with van der Waals surface area (Å²) in [7, 11) is 0. The number of ether oxygens (including phenoxy) is 1. The van der Waals surface area contributed by atoms with Gasteiger partial charge in [0.25, 0.3) is 0 Å². The van der Waals surface area contributed by atoms with E-state index in [-0.39, 0.29) is 0 Å². The number of benzene rings is 1. The van der Waals surface area contributed by atoms with Crippen LogP contribution in [-0.4, -0.2) is 6.61 Å². The topological polar surface area (TPSA) is 9.23 Å². The van der Waals surface area contributed by atoms with Gasteiger partial charge in [0.2, 0.25) is 0 Å². The van der Waals surface area contributed by atoms with Crippen LogP contribution in [0.4, 0.5) is 0 Å². The highest BCUT2D eigenvalue weighted by atomic mass is 16.5. The van der Waals surface area contributed by atoms with Crippen LogP contribution in [0, 0.1) is 23.7 Å². The molecule has 0 saturated heterocycles. The van der Waals surface area contributed by atoms with Crippen molar-refractivity contribution in [2.24, 2.45) is 23.7 Å². The molecule has 1 aromatic rings. The van der Waals surface area contributed by atoms with Crippen LogP contribution in [0.15, 0.2) is 24.3 Å². The maximum absolute atomic E-state index is 6.03. The average molecular weight is 371 g/mol. The van der Waals surface area contributed by atoms with Crippen LogP contribution >= 0.6 is 0 Å². The van der Waals surface area contributed by atoms with Crippen LogP contribution in [0.25, 0.3) is 0 Å². The molecule has 2 aliphatic carbocycles. The molecule has 152 valence electrons. The van der Waals surface area contributed by atoms with Crippen LogP contribution in [0.3, 0.4) is 0 Å². The summed E-state index contributed by atoms with van der Waals surface area (Å²) < 4.78 is 6.03. The van der Waals surface area contributed by atoms with Crippen molar-refractivity contribution >= 4 is 0 Å². The van der Waals surface area contributed by atoms with E-state index in [1.165, 1.54) is 89.0 Å². The highest BCUT2D eigenvalue weighted by Crippen LogP contribution is 2.35. The molecule has 0 bridgehead atoms. The van der Waals surface area contributed by atoms with Gasteiger partial charge in [0.05, 0.1) is 6.61 Å². The van der Waals surface area contributed by atoms with Crippen LogP contribution in [0.2, 0.25) is 0 Å². The monoisotopic (exact) mass is 370 g/mol. The minimum absolute atomic E-state index is 0.881. The van der Waals surface area contributed by atoms with Crippen molar-refractivity contribution < 1.29 is 4.74 Å². The number of hydrogen-bond acceptors (Lipinski definition) is 1. The first-order valence-electron chi connectivity index (χ1n) is 12.0. The molecule has 0 aliphatic heterocycles. The summed E-state index contributed by atoms with van der Waals surface area (Å²) in [6.07, 6.45) is 18.1. The van der Waals surface area contributed by atoms with Gasteiger partial charge in [-0.25, -0.2) is 0 Å². The molecule has 0 N–H and O–H groups in total. The zero-order chi connectivity index (χ0) is 18.9. The third-order valence-electron chi connectivity index (χ3n) is 7.48.